The number of esters is 1. The van der Waals surface area contributed by atoms with Crippen molar-refractivity contribution in [3.63, 3.8) is 0 Å². The molecule has 0 rings (SSSR count). The maximum Gasteiger partial charge on any atom is 0.306 e. The van der Waals surface area contributed by atoms with Crippen LogP contribution in [0.3, 0.4) is 0 Å². The molecule has 0 radical (unpaired) electrons. The average molecular weight is 214 g/mol. The van der Waals surface area contributed by atoms with Crippen LogP contribution in [-0.2, 0) is 14.3 Å². The van der Waals surface area contributed by atoms with Crippen LogP contribution >= 0.6 is 0 Å². The summed E-state index contributed by atoms with van der Waals surface area (Å²) in [6.07, 6.45) is 5.03. The molecular formula is C12H22O3. The molecule has 3 nitrogen and oxygen atoms in total. The van der Waals surface area contributed by atoms with E-state index < -0.39 is 0 Å². The molecule has 0 aromatic carbocycles. The molecule has 0 spiro atoms. The van der Waals surface area contributed by atoms with E-state index in [1.807, 2.05) is 13.8 Å². The molecule has 0 aromatic rings. The molecule has 0 N–H and O–H groups in total. The van der Waals surface area contributed by atoms with Crippen LogP contribution in [0, 0.1) is 0 Å². The highest BCUT2D eigenvalue weighted by atomic mass is 16.5. The lowest BCUT2D eigenvalue weighted by Crippen LogP contribution is -2.08. The highest BCUT2D eigenvalue weighted by molar-refractivity contribution is 5.82. The van der Waals surface area contributed by atoms with E-state index in [1.54, 1.807) is 0 Å². The van der Waals surface area contributed by atoms with Crippen molar-refractivity contribution in [2.45, 2.75) is 58.8 Å². The lowest BCUT2D eigenvalue weighted by atomic mass is 10.1. The largest absolute Gasteiger partial charge is 0.466 e. The first-order valence-corrected chi connectivity index (χ1v) is 5.88. The second-order valence-corrected chi connectivity index (χ2v) is 3.72. The highest BCUT2D eigenvalue weighted by Gasteiger charge is 2.07. The highest BCUT2D eigenvalue weighted by Crippen LogP contribution is 2.02. The Kier molecular flexibility index (Phi) is 9.13. The molecule has 0 aliphatic heterocycles. The van der Waals surface area contributed by atoms with Crippen LogP contribution in [0.5, 0.6) is 0 Å². The molecule has 15 heavy (non-hydrogen) atoms. The smallest absolute Gasteiger partial charge is 0.306 e. The van der Waals surface area contributed by atoms with Gasteiger partial charge in [0.25, 0.3) is 0 Å². The zero-order chi connectivity index (χ0) is 11.5. The van der Waals surface area contributed by atoms with Crippen LogP contribution in [-0.4, -0.2) is 18.4 Å². The Bertz CT molecular complexity index is 187. The Morgan fingerprint density at radius 1 is 0.933 bits per heavy atom. The van der Waals surface area contributed by atoms with Gasteiger partial charge in [-0.2, -0.15) is 0 Å². The maximum atomic E-state index is 11.2. The number of ketones is 1. The molecule has 0 saturated heterocycles. The van der Waals surface area contributed by atoms with Crippen LogP contribution in [0.4, 0.5) is 0 Å². The number of unbranched alkanes of at least 4 members (excludes halogenated alkanes) is 2. The summed E-state index contributed by atoms with van der Waals surface area (Å²) in [4.78, 5) is 22.4. The van der Waals surface area contributed by atoms with Crippen molar-refractivity contribution in [2.24, 2.45) is 0 Å². The van der Waals surface area contributed by atoms with E-state index in [-0.39, 0.29) is 18.2 Å². The van der Waals surface area contributed by atoms with E-state index in [4.69, 9.17) is 4.74 Å². The Labute approximate surface area is 92.2 Å². The van der Waals surface area contributed by atoms with Gasteiger partial charge in [0.2, 0.25) is 0 Å². The van der Waals surface area contributed by atoms with Crippen molar-refractivity contribution in [1.82, 2.24) is 0 Å². The van der Waals surface area contributed by atoms with Gasteiger partial charge in [-0.3, -0.25) is 9.59 Å². The van der Waals surface area contributed by atoms with Crippen LogP contribution < -0.4 is 0 Å². The number of hydrogen-bond donors (Lipinski definition) is 0. The third kappa shape index (κ3) is 9.44. The van der Waals surface area contributed by atoms with Crippen molar-refractivity contribution in [3.8, 4) is 0 Å². The van der Waals surface area contributed by atoms with Gasteiger partial charge in [0.15, 0.2) is 0 Å². The van der Waals surface area contributed by atoms with Crippen molar-refractivity contribution < 1.29 is 14.3 Å². The minimum atomic E-state index is -0.242. The van der Waals surface area contributed by atoms with E-state index in [0.29, 0.717) is 19.4 Å². The Morgan fingerprint density at radius 2 is 1.60 bits per heavy atom. The van der Waals surface area contributed by atoms with Crippen LogP contribution in [0.15, 0.2) is 0 Å². The molecule has 0 aliphatic rings. The SMILES string of the molecule is CCCCOC(=O)CCC(=O)CCCC. The van der Waals surface area contributed by atoms with Crippen LogP contribution in [0.2, 0.25) is 0 Å². The number of carbonyl (C=O) groups is 2. The Balaban J connectivity index is 3.40. The summed E-state index contributed by atoms with van der Waals surface area (Å²) in [6, 6.07) is 0. The molecule has 0 bridgehead atoms. The number of hydrogen-bond acceptors (Lipinski definition) is 3. The average Bonchev–Trinajstić information content (AvgIpc) is 2.24. The predicted octanol–water partition coefficient (Wildman–Crippen LogP) is 2.87. The first kappa shape index (κ1) is 14.1. The molecule has 0 fully saturated rings. The molecule has 0 atom stereocenters. The van der Waals surface area contributed by atoms with Gasteiger partial charge in [0, 0.05) is 12.8 Å². The van der Waals surface area contributed by atoms with Gasteiger partial charge < -0.3 is 4.74 Å². The summed E-state index contributed by atoms with van der Waals surface area (Å²) in [5.74, 6) is -0.0717. The summed E-state index contributed by atoms with van der Waals surface area (Å²) < 4.78 is 4.95. The summed E-state index contributed by atoms with van der Waals surface area (Å²) >= 11 is 0. The summed E-state index contributed by atoms with van der Waals surface area (Å²) in [7, 11) is 0. The normalized spacial score (nSPS) is 10.0. The van der Waals surface area contributed by atoms with E-state index >= 15 is 0 Å². The molecule has 0 amide bonds. The van der Waals surface area contributed by atoms with E-state index in [9.17, 15) is 9.59 Å². The summed E-state index contributed by atoms with van der Waals surface area (Å²) in [5, 5.41) is 0. The van der Waals surface area contributed by atoms with E-state index in [1.165, 1.54) is 0 Å². The predicted molar refractivity (Wildman–Crippen MR) is 59.6 cm³/mol. The fourth-order valence-corrected chi connectivity index (χ4v) is 1.14. The van der Waals surface area contributed by atoms with Crippen LogP contribution in [0.25, 0.3) is 0 Å². The first-order valence-electron chi connectivity index (χ1n) is 5.88. The third-order valence-electron chi connectivity index (χ3n) is 2.18. The molecule has 88 valence electrons. The van der Waals surface area contributed by atoms with E-state index in [2.05, 4.69) is 0 Å². The van der Waals surface area contributed by atoms with Crippen molar-refractivity contribution in [2.75, 3.05) is 6.61 Å². The van der Waals surface area contributed by atoms with Gasteiger partial charge in [0.05, 0.1) is 13.0 Å². The van der Waals surface area contributed by atoms with Gasteiger partial charge in [0.1, 0.15) is 5.78 Å². The first-order chi connectivity index (χ1) is 7.20. The van der Waals surface area contributed by atoms with Crippen molar-refractivity contribution in [3.05, 3.63) is 0 Å². The number of carbonyl (C=O) groups excluding carboxylic acids is 2. The quantitative estimate of drug-likeness (QED) is 0.438. The van der Waals surface area contributed by atoms with Crippen molar-refractivity contribution >= 4 is 11.8 Å². The van der Waals surface area contributed by atoms with Crippen LogP contribution in [0.1, 0.15) is 58.8 Å². The van der Waals surface area contributed by atoms with Gasteiger partial charge in [-0.15, -0.1) is 0 Å². The van der Waals surface area contributed by atoms with Gasteiger partial charge in [-0.1, -0.05) is 26.7 Å². The molecule has 0 unspecified atom stereocenters. The fraction of sp³-hybridized carbons (Fsp3) is 0.833. The summed E-state index contributed by atoms with van der Waals surface area (Å²) in [6.45, 7) is 4.58. The topological polar surface area (TPSA) is 43.4 Å². The van der Waals surface area contributed by atoms with Gasteiger partial charge in [-0.25, -0.2) is 0 Å². The molecule has 0 aromatic heterocycles. The van der Waals surface area contributed by atoms with Crippen molar-refractivity contribution in [1.29, 1.82) is 0 Å². The zero-order valence-corrected chi connectivity index (χ0v) is 9.88. The second-order valence-electron chi connectivity index (χ2n) is 3.72. The number of Topliss-reactive ketones (excluding diaryl/α,β-unsaturated/α-hetero) is 1. The maximum absolute atomic E-state index is 11.2. The minimum absolute atomic E-state index is 0.171. The van der Waals surface area contributed by atoms with E-state index in [0.717, 1.165) is 25.7 Å². The molecule has 0 saturated carbocycles. The summed E-state index contributed by atoms with van der Waals surface area (Å²) in [5.41, 5.74) is 0. The second kappa shape index (κ2) is 9.69. The standard InChI is InChI=1S/C12H22O3/c1-3-5-7-11(13)8-9-12(14)15-10-6-4-2/h3-10H2,1-2H3. The van der Waals surface area contributed by atoms with Gasteiger partial charge in [-0.05, 0) is 12.8 Å². The monoisotopic (exact) mass is 214 g/mol. The third-order valence-corrected chi connectivity index (χ3v) is 2.18. The number of ether oxygens (including phenoxy) is 1. The molecule has 0 aliphatic carbocycles. The zero-order valence-electron chi connectivity index (χ0n) is 9.88. The minimum Gasteiger partial charge on any atom is -0.466 e. The number of rotatable bonds is 9. The molecular weight excluding hydrogens is 192 g/mol. The molecule has 0 heterocycles. The lowest BCUT2D eigenvalue weighted by Gasteiger charge is -2.03. The Morgan fingerprint density at radius 3 is 2.20 bits per heavy atom. The lowest BCUT2D eigenvalue weighted by molar-refractivity contribution is -0.144. The van der Waals surface area contributed by atoms with Gasteiger partial charge >= 0.3 is 5.97 Å². The Hall–Kier alpha value is -0.860. The fourth-order valence-electron chi connectivity index (χ4n) is 1.14. The molecule has 3 heteroatoms.